The number of carbonyl (C=O) groups excluding carboxylic acids is 1. The second kappa shape index (κ2) is 8.06. The van der Waals surface area contributed by atoms with Crippen LogP contribution in [0.25, 0.3) is 0 Å². The van der Waals surface area contributed by atoms with Crippen molar-refractivity contribution in [3.63, 3.8) is 0 Å². The molecular weight excluding hydrogens is 363 g/mol. The maximum atomic E-state index is 12.4. The standard InChI is InChI=1S/C17H20Cl2N4O2/c1-2-15-20-21-17(25-15)23-9-7-22(8-10-23)16(24)6-4-12-3-5-13(18)14(19)11-12/h3,5,11H,2,4,6-10H2,1H3. The molecule has 1 amide bonds. The summed E-state index contributed by atoms with van der Waals surface area (Å²) in [5.41, 5.74) is 1.01. The quantitative estimate of drug-likeness (QED) is 0.794. The van der Waals surface area contributed by atoms with Gasteiger partial charge in [-0.2, -0.15) is 0 Å². The number of hydrogen-bond donors (Lipinski definition) is 0. The minimum atomic E-state index is 0.144. The molecule has 134 valence electrons. The van der Waals surface area contributed by atoms with Gasteiger partial charge in [0.05, 0.1) is 10.0 Å². The summed E-state index contributed by atoms with van der Waals surface area (Å²) < 4.78 is 5.57. The molecular formula is C17H20Cl2N4O2. The van der Waals surface area contributed by atoms with Crippen molar-refractivity contribution in [3.8, 4) is 0 Å². The van der Waals surface area contributed by atoms with Gasteiger partial charge in [-0.3, -0.25) is 4.79 Å². The average Bonchev–Trinajstić information content (AvgIpc) is 3.12. The van der Waals surface area contributed by atoms with E-state index in [2.05, 4.69) is 10.2 Å². The van der Waals surface area contributed by atoms with Crippen LogP contribution in [0.3, 0.4) is 0 Å². The predicted molar refractivity (Wildman–Crippen MR) is 97.3 cm³/mol. The number of rotatable bonds is 5. The predicted octanol–water partition coefficient (Wildman–Crippen LogP) is 3.22. The van der Waals surface area contributed by atoms with Gasteiger partial charge in [-0.25, -0.2) is 0 Å². The molecule has 8 heteroatoms. The summed E-state index contributed by atoms with van der Waals surface area (Å²) in [6, 6.07) is 6.02. The number of anilines is 1. The molecule has 1 aromatic carbocycles. The van der Waals surface area contributed by atoms with Gasteiger partial charge >= 0.3 is 6.01 Å². The summed E-state index contributed by atoms with van der Waals surface area (Å²) in [4.78, 5) is 16.3. The van der Waals surface area contributed by atoms with Gasteiger partial charge in [0, 0.05) is 39.0 Å². The molecule has 0 radical (unpaired) electrons. The van der Waals surface area contributed by atoms with Crippen LogP contribution >= 0.6 is 23.2 Å². The van der Waals surface area contributed by atoms with E-state index in [1.54, 1.807) is 6.07 Å². The molecule has 0 unspecified atom stereocenters. The fourth-order valence-electron chi connectivity index (χ4n) is 2.77. The van der Waals surface area contributed by atoms with Gasteiger partial charge in [0.15, 0.2) is 0 Å². The van der Waals surface area contributed by atoms with E-state index in [-0.39, 0.29) is 5.91 Å². The smallest absolute Gasteiger partial charge is 0.318 e. The van der Waals surface area contributed by atoms with Crippen molar-refractivity contribution in [1.29, 1.82) is 0 Å². The summed E-state index contributed by atoms with van der Waals surface area (Å²) in [6.07, 6.45) is 1.83. The van der Waals surface area contributed by atoms with E-state index >= 15 is 0 Å². The van der Waals surface area contributed by atoms with Crippen molar-refractivity contribution >= 4 is 35.1 Å². The highest BCUT2D eigenvalue weighted by Crippen LogP contribution is 2.23. The number of nitrogens with zero attached hydrogens (tertiary/aromatic N) is 4. The first-order valence-electron chi connectivity index (χ1n) is 8.36. The largest absolute Gasteiger partial charge is 0.408 e. The number of aryl methyl sites for hydroxylation is 2. The Kier molecular flexibility index (Phi) is 5.81. The number of halogens is 2. The number of piperazine rings is 1. The number of benzene rings is 1. The van der Waals surface area contributed by atoms with Crippen molar-refractivity contribution in [2.75, 3.05) is 31.1 Å². The minimum Gasteiger partial charge on any atom is -0.408 e. The number of carbonyl (C=O) groups is 1. The van der Waals surface area contributed by atoms with Crippen LogP contribution in [0, 0.1) is 0 Å². The van der Waals surface area contributed by atoms with Crippen molar-refractivity contribution in [1.82, 2.24) is 15.1 Å². The summed E-state index contributed by atoms with van der Waals surface area (Å²) in [5, 5.41) is 9.08. The zero-order valence-corrected chi connectivity index (χ0v) is 15.6. The average molecular weight is 383 g/mol. The van der Waals surface area contributed by atoms with E-state index in [0.29, 0.717) is 61.0 Å². The highest BCUT2D eigenvalue weighted by atomic mass is 35.5. The Morgan fingerprint density at radius 3 is 2.56 bits per heavy atom. The SMILES string of the molecule is CCc1nnc(N2CCN(C(=O)CCc3ccc(Cl)c(Cl)c3)CC2)o1. The molecule has 0 bridgehead atoms. The van der Waals surface area contributed by atoms with Crippen LogP contribution < -0.4 is 4.90 Å². The van der Waals surface area contributed by atoms with Gasteiger partial charge in [0.2, 0.25) is 11.8 Å². The second-order valence-electron chi connectivity index (χ2n) is 5.95. The van der Waals surface area contributed by atoms with Crippen LogP contribution in [0.15, 0.2) is 22.6 Å². The Balaban J connectivity index is 1.48. The highest BCUT2D eigenvalue weighted by molar-refractivity contribution is 6.42. The third kappa shape index (κ3) is 4.44. The van der Waals surface area contributed by atoms with Gasteiger partial charge in [-0.1, -0.05) is 41.3 Å². The molecule has 0 aliphatic carbocycles. The Morgan fingerprint density at radius 2 is 1.92 bits per heavy atom. The molecule has 1 aromatic heterocycles. The van der Waals surface area contributed by atoms with E-state index in [1.165, 1.54) is 0 Å². The Labute approximate surface area is 156 Å². The lowest BCUT2D eigenvalue weighted by molar-refractivity contribution is -0.131. The summed E-state index contributed by atoms with van der Waals surface area (Å²) in [6.45, 7) is 4.68. The molecule has 1 aliphatic rings. The Bertz CT molecular complexity index is 742. The lowest BCUT2D eigenvalue weighted by Gasteiger charge is -2.33. The van der Waals surface area contributed by atoms with Crippen LogP contribution in [0.4, 0.5) is 6.01 Å². The first-order valence-corrected chi connectivity index (χ1v) is 9.11. The van der Waals surface area contributed by atoms with Gasteiger partial charge in [-0.05, 0) is 24.1 Å². The first kappa shape index (κ1) is 18.0. The van der Waals surface area contributed by atoms with E-state index in [9.17, 15) is 4.79 Å². The third-order valence-corrected chi connectivity index (χ3v) is 5.01. The fraction of sp³-hybridized carbons (Fsp3) is 0.471. The normalized spacial score (nSPS) is 14.8. The molecule has 25 heavy (non-hydrogen) atoms. The number of amides is 1. The number of aromatic nitrogens is 2. The van der Waals surface area contributed by atoms with Crippen molar-refractivity contribution < 1.29 is 9.21 Å². The van der Waals surface area contributed by atoms with Gasteiger partial charge < -0.3 is 14.2 Å². The van der Waals surface area contributed by atoms with Crippen LogP contribution in [0.2, 0.25) is 10.0 Å². The van der Waals surface area contributed by atoms with Gasteiger partial charge in [0.1, 0.15) is 0 Å². The van der Waals surface area contributed by atoms with Gasteiger partial charge in [0.25, 0.3) is 0 Å². The molecule has 0 N–H and O–H groups in total. The molecule has 2 aromatic rings. The fourth-order valence-corrected chi connectivity index (χ4v) is 3.09. The molecule has 0 saturated carbocycles. The maximum Gasteiger partial charge on any atom is 0.318 e. The zero-order valence-electron chi connectivity index (χ0n) is 14.0. The topological polar surface area (TPSA) is 62.5 Å². The van der Waals surface area contributed by atoms with E-state index in [4.69, 9.17) is 27.6 Å². The summed E-state index contributed by atoms with van der Waals surface area (Å²) >= 11 is 11.9. The highest BCUT2D eigenvalue weighted by Gasteiger charge is 2.23. The molecule has 0 spiro atoms. The monoisotopic (exact) mass is 382 g/mol. The minimum absolute atomic E-state index is 0.144. The van der Waals surface area contributed by atoms with Crippen molar-refractivity contribution in [2.45, 2.75) is 26.2 Å². The third-order valence-electron chi connectivity index (χ3n) is 4.27. The van der Waals surface area contributed by atoms with Crippen LogP contribution in [0.5, 0.6) is 0 Å². The molecule has 1 fully saturated rings. The Hall–Kier alpha value is -1.79. The lowest BCUT2D eigenvalue weighted by atomic mass is 10.1. The van der Waals surface area contributed by atoms with E-state index < -0.39 is 0 Å². The van der Waals surface area contributed by atoms with Crippen LogP contribution in [-0.4, -0.2) is 47.2 Å². The zero-order chi connectivity index (χ0) is 17.8. The first-order chi connectivity index (χ1) is 12.1. The van der Waals surface area contributed by atoms with Crippen molar-refractivity contribution in [2.24, 2.45) is 0 Å². The molecule has 6 nitrogen and oxygen atoms in total. The van der Waals surface area contributed by atoms with E-state index in [1.807, 2.05) is 28.9 Å². The molecule has 1 saturated heterocycles. The van der Waals surface area contributed by atoms with Crippen LogP contribution in [-0.2, 0) is 17.6 Å². The molecule has 1 aliphatic heterocycles. The van der Waals surface area contributed by atoms with Crippen molar-refractivity contribution in [3.05, 3.63) is 39.7 Å². The molecule has 3 rings (SSSR count). The number of hydrogen-bond acceptors (Lipinski definition) is 5. The molecule has 2 heterocycles. The maximum absolute atomic E-state index is 12.4. The second-order valence-corrected chi connectivity index (χ2v) is 6.76. The molecule has 0 atom stereocenters. The van der Waals surface area contributed by atoms with E-state index in [0.717, 1.165) is 12.0 Å². The summed E-state index contributed by atoms with van der Waals surface area (Å²) in [7, 11) is 0. The lowest BCUT2D eigenvalue weighted by Crippen LogP contribution is -2.49. The Morgan fingerprint density at radius 1 is 1.16 bits per heavy atom. The van der Waals surface area contributed by atoms with Crippen LogP contribution in [0.1, 0.15) is 24.8 Å². The van der Waals surface area contributed by atoms with Gasteiger partial charge in [-0.15, -0.1) is 5.10 Å². The summed E-state index contributed by atoms with van der Waals surface area (Å²) in [5.74, 6) is 0.778.